The van der Waals surface area contributed by atoms with Gasteiger partial charge in [-0.05, 0) is 12.1 Å². The smallest absolute Gasteiger partial charge is 0.333 e. The van der Waals surface area contributed by atoms with Gasteiger partial charge in [-0.2, -0.15) is 0 Å². The standard InChI is InChI=1S/C16H15N5O6S/c1-27-20-11(9-3-2-4-10(18-9)17-7-22)13(23)19-12-14(24)21-5-8(16(25)26)6-28-15(12)21/h2-5,7,12,15H,6H2,1H3,(H,19,23)(H,25,26)(H,17,18,22)/t12?,15-/m1/s1. The first-order valence-electron chi connectivity index (χ1n) is 7.93. The Bertz CT molecular complexity index is 901. The van der Waals surface area contributed by atoms with Gasteiger partial charge < -0.3 is 25.5 Å². The molecule has 28 heavy (non-hydrogen) atoms. The molecule has 0 aromatic carbocycles. The summed E-state index contributed by atoms with van der Waals surface area (Å²) in [5, 5.41) is 17.2. The number of β-lactam (4-membered cyclic amide) rings is 1. The Morgan fingerprint density at radius 3 is 2.93 bits per heavy atom. The second kappa shape index (κ2) is 8.08. The Morgan fingerprint density at radius 1 is 1.46 bits per heavy atom. The highest BCUT2D eigenvalue weighted by Crippen LogP contribution is 2.36. The number of hydrogen-bond donors (Lipinski definition) is 3. The highest BCUT2D eigenvalue weighted by Gasteiger charge is 2.50. The predicted octanol–water partition coefficient (Wildman–Crippen LogP) is -0.631. The van der Waals surface area contributed by atoms with Gasteiger partial charge in [-0.15, -0.1) is 11.8 Å². The van der Waals surface area contributed by atoms with Gasteiger partial charge in [0.1, 0.15) is 30.0 Å². The summed E-state index contributed by atoms with van der Waals surface area (Å²) in [6.07, 6.45) is 1.73. The van der Waals surface area contributed by atoms with Gasteiger partial charge in [-0.25, -0.2) is 9.78 Å². The van der Waals surface area contributed by atoms with E-state index in [2.05, 4.69) is 20.8 Å². The minimum Gasteiger partial charge on any atom is -0.478 e. The van der Waals surface area contributed by atoms with E-state index >= 15 is 0 Å². The van der Waals surface area contributed by atoms with Crippen molar-refractivity contribution in [2.24, 2.45) is 5.16 Å². The van der Waals surface area contributed by atoms with Crippen molar-refractivity contribution in [1.29, 1.82) is 0 Å². The van der Waals surface area contributed by atoms with E-state index in [0.717, 1.165) is 0 Å². The molecule has 3 rings (SSSR count). The molecule has 0 radical (unpaired) electrons. The summed E-state index contributed by atoms with van der Waals surface area (Å²) in [5.74, 6) is -1.77. The lowest BCUT2D eigenvalue weighted by molar-refractivity contribution is -0.144. The van der Waals surface area contributed by atoms with E-state index in [-0.39, 0.29) is 28.5 Å². The molecular formula is C16H15N5O6S. The van der Waals surface area contributed by atoms with Gasteiger partial charge in [0.15, 0.2) is 5.71 Å². The molecule has 0 aliphatic carbocycles. The lowest BCUT2D eigenvalue weighted by Gasteiger charge is -2.46. The number of carboxylic acid groups (broad SMARTS) is 1. The van der Waals surface area contributed by atoms with Crippen LogP contribution in [0.4, 0.5) is 5.82 Å². The molecule has 146 valence electrons. The zero-order valence-electron chi connectivity index (χ0n) is 14.5. The summed E-state index contributed by atoms with van der Waals surface area (Å²) in [6.45, 7) is 0. The molecule has 1 unspecified atom stereocenters. The molecule has 2 aliphatic rings. The predicted molar refractivity (Wildman–Crippen MR) is 98.2 cm³/mol. The zero-order chi connectivity index (χ0) is 20.3. The van der Waals surface area contributed by atoms with Crippen molar-refractivity contribution in [3.8, 4) is 0 Å². The van der Waals surface area contributed by atoms with Gasteiger partial charge in [0.25, 0.3) is 11.8 Å². The van der Waals surface area contributed by atoms with Crippen LogP contribution in [0.2, 0.25) is 0 Å². The van der Waals surface area contributed by atoms with Crippen molar-refractivity contribution in [2.75, 3.05) is 18.2 Å². The number of anilines is 1. The number of amides is 3. The van der Waals surface area contributed by atoms with Gasteiger partial charge >= 0.3 is 5.97 Å². The topological polar surface area (TPSA) is 150 Å². The maximum Gasteiger partial charge on any atom is 0.333 e. The molecular weight excluding hydrogens is 390 g/mol. The van der Waals surface area contributed by atoms with Crippen LogP contribution in [0.1, 0.15) is 5.69 Å². The molecule has 12 heteroatoms. The molecule has 3 N–H and O–H groups in total. The van der Waals surface area contributed by atoms with Crippen LogP contribution < -0.4 is 10.6 Å². The lowest BCUT2D eigenvalue weighted by atomic mass is 10.1. The van der Waals surface area contributed by atoms with E-state index < -0.39 is 29.2 Å². The zero-order valence-corrected chi connectivity index (χ0v) is 15.3. The maximum absolute atomic E-state index is 12.7. The molecule has 1 aromatic rings. The molecule has 3 heterocycles. The highest BCUT2D eigenvalue weighted by atomic mass is 32.2. The van der Waals surface area contributed by atoms with Crippen LogP contribution in [0, 0.1) is 0 Å². The van der Waals surface area contributed by atoms with E-state index in [1.165, 1.54) is 42.1 Å². The molecule has 1 saturated heterocycles. The van der Waals surface area contributed by atoms with Crippen molar-refractivity contribution < 1.29 is 29.1 Å². The van der Waals surface area contributed by atoms with Gasteiger partial charge in [0, 0.05) is 12.0 Å². The first-order chi connectivity index (χ1) is 13.5. The maximum atomic E-state index is 12.7. The fourth-order valence-electron chi connectivity index (χ4n) is 2.64. The monoisotopic (exact) mass is 405 g/mol. The third-order valence-corrected chi connectivity index (χ3v) is 5.26. The fraction of sp³-hybridized carbons (Fsp3) is 0.250. The van der Waals surface area contributed by atoms with Crippen LogP contribution in [0.15, 0.2) is 35.1 Å². The van der Waals surface area contributed by atoms with E-state index in [0.29, 0.717) is 6.41 Å². The first-order valence-corrected chi connectivity index (χ1v) is 8.98. The van der Waals surface area contributed by atoms with Crippen LogP contribution in [-0.2, 0) is 24.0 Å². The summed E-state index contributed by atoms with van der Waals surface area (Å²) in [6, 6.07) is 3.76. The number of aromatic nitrogens is 1. The number of thioether (sulfide) groups is 1. The van der Waals surface area contributed by atoms with Gasteiger partial charge in [0.05, 0.1) is 5.57 Å². The number of aliphatic carboxylic acids is 1. The number of rotatable bonds is 7. The van der Waals surface area contributed by atoms with Crippen molar-refractivity contribution >= 4 is 47.5 Å². The number of fused-ring (bicyclic) bond motifs is 1. The van der Waals surface area contributed by atoms with Crippen LogP contribution >= 0.6 is 11.8 Å². The second-order valence-corrected chi connectivity index (χ2v) is 6.76. The van der Waals surface area contributed by atoms with Crippen LogP contribution in [-0.4, -0.2) is 69.2 Å². The molecule has 11 nitrogen and oxygen atoms in total. The minimum atomic E-state index is -1.09. The Labute approximate surface area is 162 Å². The van der Waals surface area contributed by atoms with Gasteiger partial charge in [0.2, 0.25) is 6.41 Å². The molecule has 2 atom stereocenters. The number of hydrogen-bond acceptors (Lipinski definition) is 8. The molecule has 0 spiro atoms. The van der Waals surface area contributed by atoms with Crippen molar-refractivity contribution in [1.82, 2.24) is 15.2 Å². The van der Waals surface area contributed by atoms with Crippen molar-refractivity contribution in [3.63, 3.8) is 0 Å². The number of nitrogens with zero attached hydrogens (tertiary/aromatic N) is 3. The average molecular weight is 405 g/mol. The van der Waals surface area contributed by atoms with Crippen molar-refractivity contribution in [2.45, 2.75) is 11.4 Å². The number of pyridine rings is 1. The quantitative estimate of drug-likeness (QED) is 0.235. The average Bonchev–Trinajstić information content (AvgIpc) is 2.69. The second-order valence-electron chi connectivity index (χ2n) is 5.65. The minimum absolute atomic E-state index is 0.115. The van der Waals surface area contributed by atoms with Gasteiger partial charge in [-0.3, -0.25) is 14.4 Å². The summed E-state index contributed by atoms with van der Waals surface area (Å²) >= 11 is 1.24. The lowest BCUT2D eigenvalue weighted by Crippen LogP contribution is -2.69. The molecule has 1 fully saturated rings. The Morgan fingerprint density at radius 2 is 2.25 bits per heavy atom. The summed E-state index contributed by atoms with van der Waals surface area (Å²) in [5.41, 5.74) is 0.0785. The molecule has 3 amide bonds. The number of carbonyl (C=O) groups excluding carboxylic acids is 3. The Hall–Kier alpha value is -3.41. The largest absolute Gasteiger partial charge is 0.478 e. The fourth-order valence-corrected chi connectivity index (χ4v) is 3.89. The molecule has 0 saturated carbocycles. The van der Waals surface area contributed by atoms with Crippen LogP contribution in [0.3, 0.4) is 0 Å². The third-order valence-electron chi connectivity index (χ3n) is 3.94. The first kappa shape index (κ1) is 19.4. The number of nitrogens with one attached hydrogen (secondary N) is 2. The van der Waals surface area contributed by atoms with E-state index in [1.807, 2.05) is 0 Å². The number of carboxylic acids is 1. The van der Waals surface area contributed by atoms with Crippen LogP contribution in [0.5, 0.6) is 0 Å². The van der Waals surface area contributed by atoms with Gasteiger partial charge in [-0.1, -0.05) is 11.2 Å². The van der Waals surface area contributed by atoms with E-state index in [1.54, 1.807) is 6.07 Å². The highest BCUT2D eigenvalue weighted by molar-refractivity contribution is 8.00. The van der Waals surface area contributed by atoms with Crippen molar-refractivity contribution in [3.05, 3.63) is 35.7 Å². The van der Waals surface area contributed by atoms with E-state index in [9.17, 15) is 19.2 Å². The Kier molecular flexibility index (Phi) is 5.59. The summed E-state index contributed by atoms with van der Waals surface area (Å²) in [7, 11) is 1.26. The Balaban J connectivity index is 1.75. The normalized spacial score (nSPS) is 21.0. The summed E-state index contributed by atoms with van der Waals surface area (Å²) in [4.78, 5) is 56.6. The third kappa shape index (κ3) is 3.67. The summed E-state index contributed by atoms with van der Waals surface area (Å²) < 4.78 is 0. The SMILES string of the molecule is CON=C(C(=O)NC1C(=O)N2C=C(C(=O)O)CS[C@H]12)c1cccc(NC=O)n1. The van der Waals surface area contributed by atoms with Crippen LogP contribution in [0.25, 0.3) is 0 Å². The number of carbonyl (C=O) groups is 4. The molecule has 0 bridgehead atoms. The number of oxime groups is 1. The van der Waals surface area contributed by atoms with E-state index in [4.69, 9.17) is 9.94 Å². The molecule has 2 aliphatic heterocycles. The molecule has 1 aromatic heterocycles.